The van der Waals surface area contributed by atoms with Crippen molar-refractivity contribution in [3.8, 4) is 10.4 Å². The zero-order valence-electron chi connectivity index (χ0n) is 35.8. The predicted octanol–water partition coefficient (Wildman–Crippen LogP) is 4.28. The minimum absolute atomic E-state index is 0.0247. The molecule has 18 nitrogen and oxygen atoms in total. The normalized spacial score (nSPS) is 15.7. The smallest absolute Gasteiger partial charge is 0.360 e. The van der Waals surface area contributed by atoms with Crippen LogP contribution in [0.15, 0.2) is 65.4 Å². The van der Waals surface area contributed by atoms with Crippen molar-refractivity contribution in [2.45, 2.75) is 70.5 Å². The number of aryl methyl sites for hydroxylation is 1. The van der Waals surface area contributed by atoms with Gasteiger partial charge in [0.15, 0.2) is 5.82 Å². The fourth-order valence-electron chi connectivity index (χ4n) is 7.03. The summed E-state index contributed by atoms with van der Waals surface area (Å²) in [7, 11) is 0. The first-order valence-electron chi connectivity index (χ1n) is 20.4. The Kier molecular flexibility index (Phi) is 16.2. The van der Waals surface area contributed by atoms with Crippen LogP contribution >= 0.6 is 23.1 Å². The molecule has 3 aromatic heterocycles. The minimum Gasteiger partial charge on any atom is -0.476 e. The Balaban J connectivity index is 0.887. The van der Waals surface area contributed by atoms with Gasteiger partial charge in [-0.3, -0.25) is 14.4 Å². The van der Waals surface area contributed by atoms with Gasteiger partial charge in [0.05, 0.1) is 60.7 Å². The van der Waals surface area contributed by atoms with E-state index in [1.54, 1.807) is 23.1 Å². The summed E-state index contributed by atoms with van der Waals surface area (Å²) in [6, 6.07) is 13.6. The van der Waals surface area contributed by atoms with Crippen molar-refractivity contribution in [1.82, 2.24) is 40.3 Å². The largest absolute Gasteiger partial charge is 0.476 e. The molecule has 0 saturated carbocycles. The molecule has 4 heterocycles. The molecule has 3 amide bonds. The zero-order chi connectivity index (χ0) is 45.1. The van der Waals surface area contributed by atoms with E-state index < -0.39 is 41.4 Å². The first-order chi connectivity index (χ1) is 30.2. The van der Waals surface area contributed by atoms with Crippen LogP contribution in [0.1, 0.15) is 48.9 Å². The third-order valence-electron chi connectivity index (χ3n) is 10.3. The second kappa shape index (κ2) is 21.7. The Morgan fingerprint density at radius 2 is 1.71 bits per heavy atom. The fraction of sp³-hybridized carbons (Fsp3) is 0.442. The van der Waals surface area contributed by atoms with Crippen LogP contribution < -0.4 is 16.0 Å². The lowest BCUT2D eigenvalue weighted by Crippen LogP contribution is -2.58. The molecule has 0 radical (unpaired) electrons. The molecule has 5 N–H and O–H groups in total. The number of carbonyl (C=O) groups is 4. The summed E-state index contributed by atoms with van der Waals surface area (Å²) in [6.45, 7) is 9.33. The highest BCUT2D eigenvalue weighted by atomic mass is 32.2. The lowest BCUT2D eigenvalue weighted by molar-refractivity contribution is -0.144. The number of carbonyl (C=O) groups excluding carboxylic acids is 3. The summed E-state index contributed by atoms with van der Waals surface area (Å²) in [5.74, 6) is -2.46. The number of thioether (sulfide) groups is 1. The van der Waals surface area contributed by atoms with Gasteiger partial charge in [-0.05, 0) is 47.9 Å². The molecule has 1 aliphatic heterocycles. The van der Waals surface area contributed by atoms with Crippen LogP contribution in [0.2, 0.25) is 0 Å². The summed E-state index contributed by atoms with van der Waals surface area (Å²) >= 11 is 2.83. The molecule has 3 atom stereocenters. The monoisotopic (exact) mass is 903 g/mol. The van der Waals surface area contributed by atoms with E-state index in [1.807, 2.05) is 87.0 Å². The van der Waals surface area contributed by atoms with Crippen LogP contribution in [0.3, 0.4) is 0 Å². The summed E-state index contributed by atoms with van der Waals surface area (Å²) in [6.07, 6.45) is 2.91. The van der Waals surface area contributed by atoms with E-state index in [2.05, 4.69) is 36.1 Å². The van der Waals surface area contributed by atoms with Gasteiger partial charge in [-0.25, -0.2) is 14.8 Å². The number of aromatic nitrogens is 5. The number of aromatic carboxylic acids is 1. The number of amides is 3. The number of hydrogen-bond acceptors (Lipinski definition) is 15. The van der Waals surface area contributed by atoms with Gasteiger partial charge in [0, 0.05) is 43.3 Å². The van der Waals surface area contributed by atoms with Gasteiger partial charge in [-0.1, -0.05) is 62.9 Å². The highest BCUT2D eigenvalue weighted by molar-refractivity contribution is 7.98. The predicted molar refractivity (Wildman–Crippen MR) is 238 cm³/mol. The van der Waals surface area contributed by atoms with Crippen molar-refractivity contribution < 1.29 is 43.6 Å². The Morgan fingerprint density at radius 3 is 2.40 bits per heavy atom. The SMILES string of the molecule is CSc1nnc(C(=O)O)c(Nc2cccc3c2ccn3CCOCCOCCOCC(=O)N[C@H](C(=O)N2C[C@H](O)C[C@H]2C(=O)NCc2ccc(-c3scnc3C)cc2)C(C)(C)C)n1. The summed E-state index contributed by atoms with van der Waals surface area (Å²) < 4.78 is 19.0. The average Bonchev–Trinajstić information content (AvgIpc) is 4.00. The molecule has 1 saturated heterocycles. The molecular formula is C43H53N9O9S2. The van der Waals surface area contributed by atoms with Crippen LogP contribution in [-0.4, -0.2) is 134 Å². The van der Waals surface area contributed by atoms with Gasteiger partial charge in [0.1, 0.15) is 18.7 Å². The van der Waals surface area contributed by atoms with Crippen molar-refractivity contribution in [3.63, 3.8) is 0 Å². The molecule has 1 fully saturated rings. The molecule has 0 aliphatic carbocycles. The molecule has 336 valence electrons. The first kappa shape index (κ1) is 47.0. The summed E-state index contributed by atoms with van der Waals surface area (Å²) in [5, 5.41) is 37.8. The second-order valence-electron chi connectivity index (χ2n) is 15.9. The van der Waals surface area contributed by atoms with E-state index >= 15 is 0 Å². The Bertz CT molecular complexity index is 2370. The minimum atomic E-state index is -1.23. The molecule has 0 bridgehead atoms. The first-order valence-corrected chi connectivity index (χ1v) is 22.5. The van der Waals surface area contributed by atoms with Crippen molar-refractivity contribution in [1.29, 1.82) is 0 Å². The number of carboxylic acids is 1. The Morgan fingerprint density at radius 1 is 0.984 bits per heavy atom. The van der Waals surface area contributed by atoms with Crippen molar-refractivity contribution in [3.05, 3.63) is 77.2 Å². The molecule has 2 aromatic carbocycles. The number of hydrogen-bond donors (Lipinski definition) is 5. The topological polar surface area (TPSA) is 232 Å². The number of aliphatic hydroxyl groups excluding tert-OH is 1. The van der Waals surface area contributed by atoms with Crippen LogP contribution in [0, 0.1) is 12.3 Å². The van der Waals surface area contributed by atoms with E-state index in [-0.39, 0.29) is 56.7 Å². The molecule has 0 spiro atoms. The second-order valence-corrected chi connectivity index (χ2v) is 17.5. The van der Waals surface area contributed by atoms with Crippen LogP contribution in [0.4, 0.5) is 11.5 Å². The Hall–Kier alpha value is -5.51. The number of aliphatic hydroxyl groups is 1. The molecular weight excluding hydrogens is 851 g/mol. The highest BCUT2D eigenvalue weighted by Gasteiger charge is 2.44. The number of rotatable bonds is 21. The molecule has 63 heavy (non-hydrogen) atoms. The number of β-amino-alcohol motifs (C(OH)–C–C–N with tert-alkyl or cyclic N) is 1. The number of nitrogens with zero attached hydrogens (tertiary/aromatic N) is 6. The van der Waals surface area contributed by atoms with Gasteiger partial charge in [0.2, 0.25) is 28.6 Å². The van der Waals surface area contributed by atoms with Crippen molar-refractivity contribution in [2.75, 3.05) is 57.8 Å². The molecule has 1 aliphatic rings. The van der Waals surface area contributed by atoms with Gasteiger partial charge in [-0.2, -0.15) is 0 Å². The number of carboxylic acid groups (broad SMARTS) is 1. The van der Waals surface area contributed by atoms with Gasteiger partial charge >= 0.3 is 5.97 Å². The lowest BCUT2D eigenvalue weighted by atomic mass is 9.85. The quantitative estimate of drug-likeness (QED) is 0.0511. The maximum absolute atomic E-state index is 13.9. The van der Waals surface area contributed by atoms with Crippen molar-refractivity contribution in [2.24, 2.45) is 5.41 Å². The highest BCUT2D eigenvalue weighted by Crippen LogP contribution is 2.30. The molecule has 5 aromatic rings. The van der Waals surface area contributed by atoms with Gasteiger partial charge in [-0.15, -0.1) is 21.5 Å². The third kappa shape index (κ3) is 12.4. The van der Waals surface area contributed by atoms with Crippen LogP contribution in [0.25, 0.3) is 21.3 Å². The standard InChI is InChI=1S/C43H53N9O9S2/c1-26-36(63-25-45-26)28-11-9-27(10-12-28)22-44-39(55)33-21-29(53)23-52(33)40(56)37(43(2,3)4)47-34(54)24-61-20-19-60-18-17-59-16-15-51-14-13-30-31(7-6-8-32(30)51)46-38-35(41(57)58)49-50-42(48-38)62-5/h6-14,25,29,33,37,53H,15-24H2,1-5H3,(H,44,55)(H,47,54)(H,57,58)(H,46,48,50)/t29-,33+,37-/m1/s1. The molecule has 0 unspecified atom stereocenters. The Labute approximate surface area is 373 Å². The van der Waals surface area contributed by atoms with Crippen molar-refractivity contribution >= 4 is 69.2 Å². The third-order valence-corrected chi connectivity index (χ3v) is 11.8. The lowest BCUT2D eigenvalue weighted by Gasteiger charge is -2.35. The van der Waals surface area contributed by atoms with E-state index in [1.165, 1.54) is 16.7 Å². The average molecular weight is 904 g/mol. The summed E-state index contributed by atoms with van der Waals surface area (Å²) in [5.41, 5.74) is 5.31. The number of anilines is 2. The fourth-order valence-corrected chi connectivity index (χ4v) is 8.15. The summed E-state index contributed by atoms with van der Waals surface area (Å²) in [4.78, 5) is 63.1. The van der Waals surface area contributed by atoms with Crippen LogP contribution in [-0.2, 0) is 41.7 Å². The van der Waals surface area contributed by atoms with E-state index in [4.69, 9.17) is 14.2 Å². The van der Waals surface area contributed by atoms with E-state index in [0.29, 0.717) is 37.2 Å². The maximum atomic E-state index is 13.9. The number of likely N-dealkylation sites (tertiary alicyclic amines) is 1. The van der Waals surface area contributed by atoms with E-state index in [0.717, 1.165) is 32.6 Å². The van der Waals surface area contributed by atoms with Gasteiger partial charge < -0.3 is 49.8 Å². The number of fused-ring (bicyclic) bond motifs is 1. The zero-order valence-corrected chi connectivity index (χ0v) is 37.5. The number of thiazole rings is 1. The number of benzene rings is 2. The maximum Gasteiger partial charge on any atom is 0.360 e. The van der Waals surface area contributed by atoms with Gasteiger partial charge in [0.25, 0.3) is 0 Å². The number of nitrogens with one attached hydrogen (secondary N) is 3. The number of ether oxygens (including phenoxy) is 3. The molecule has 20 heteroatoms. The van der Waals surface area contributed by atoms with E-state index in [9.17, 15) is 29.4 Å². The molecule has 6 rings (SSSR count). The van der Waals surface area contributed by atoms with Crippen LogP contribution in [0.5, 0.6) is 0 Å².